The van der Waals surface area contributed by atoms with Crippen LogP contribution in [0.15, 0.2) is 108 Å². The molecule has 1 fully saturated rings. The van der Waals surface area contributed by atoms with Gasteiger partial charge in [-0.15, -0.1) is 0 Å². The molecule has 0 spiro atoms. The first-order valence-corrected chi connectivity index (χ1v) is 19.0. The lowest BCUT2D eigenvalue weighted by molar-refractivity contribution is -0.0547. The first-order valence-electron chi connectivity index (χ1n) is 19.0. The summed E-state index contributed by atoms with van der Waals surface area (Å²) in [4.78, 5) is 45.4. The van der Waals surface area contributed by atoms with Gasteiger partial charge in [0, 0.05) is 73.2 Å². The average molecular weight is 791 g/mol. The third-order valence-electron chi connectivity index (χ3n) is 9.48. The molecule has 0 bridgehead atoms. The molecule has 302 valence electrons. The number of fused-ring (bicyclic) bond motifs is 1. The molecule has 2 aromatic heterocycles. The monoisotopic (exact) mass is 790 g/mol. The highest BCUT2D eigenvalue weighted by Gasteiger charge is 2.33. The van der Waals surface area contributed by atoms with Crippen molar-refractivity contribution in [1.29, 1.82) is 0 Å². The number of amidine groups is 1. The van der Waals surface area contributed by atoms with Crippen molar-refractivity contribution in [3.63, 3.8) is 0 Å². The SMILES string of the molecule is Cc1ccc(N=C(C=C(N)C(C)(C)C)NC(=O)Nc2ccc(OCc3ccnc(Nc4cnc(C(=O)NCCN5CCC(F)(F)CC5)cn4)c3)c3ccccc23)cc1. The first kappa shape index (κ1) is 41.2. The zero-order valence-corrected chi connectivity index (χ0v) is 33.0. The van der Waals surface area contributed by atoms with Gasteiger partial charge in [0.05, 0.1) is 23.8 Å². The van der Waals surface area contributed by atoms with Crippen LogP contribution < -0.4 is 31.7 Å². The molecule has 6 rings (SSSR count). The van der Waals surface area contributed by atoms with Crippen LogP contribution in [-0.4, -0.2) is 69.7 Å². The molecule has 13 nitrogen and oxygen atoms in total. The van der Waals surface area contributed by atoms with E-state index in [0.717, 1.165) is 21.9 Å². The van der Waals surface area contributed by atoms with Gasteiger partial charge in [-0.05, 0) is 48.9 Å². The molecule has 0 radical (unpaired) electrons. The van der Waals surface area contributed by atoms with Crippen molar-refractivity contribution in [3.8, 4) is 5.75 Å². The van der Waals surface area contributed by atoms with E-state index in [1.807, 2.05) is 93.3 Å². The fourth-order valence-corrected chi connectivity index (χ4v) is 5.95. The number of carbonyl (C=O) groups excluding carboxylic acids is 2. The van der Waals surface area contributed by atoms with Gasteiger partial charge in [0.15, 0.2) is 0 Å². The Kier molecular flexibility index (Phi) is 12.9. The van der Waals surface area contributed by atoms with E-state index in [2.05, 4.69) is 41.2 Å². The molecule has 1 aliphatic rings. The van der Waals surface area contributed by atoms with Gasteiger partial charge in [-0.25, -0.2) is 33.5 Å². The van der Waals surface area contributed by atoms with E-state index in [1.165, 1.54) is 12.4 Å². The van der Waals surface area contributed by atoms with Crippen LogP contribution in [0.3, 0.4) is 0 Å². The number of hydrogen-bond acceptors (Lipinski definition) is 10. The number of amides is 3. The van der Waals surface area contributed by atoms with Crippen LogP contribution in [0.5, 0.6) is 5.75 Å². The van der Waals surface area contributed by atoms with E-state index in [9.17, 15) is 18.4 Å². The number of allylic oxidation sites excluding steroid dienone is 1. The van der Waals surface area contributed by atoms with Crippen molar-refractivity contribution < 1.29 is 23.1 Å². The number of carbonyl (C=O) groups is 2. The Morgan fingerprint density at radius 3 is 2.40 bits per heavy atom. The van der Waals surface area contributed by atoms with Crippen LogP contribution in [0.4, 0.5) is 36.6 Å². The molecule has 0 unspecified atom stereocenters. The molecule has 0 saturated carbocycles. The van der Waals surface area contributed by atoms with Crippen molar-refractivity contribution >= 4 is 51.6 Å². The third-order valence-corrected chi connectivity index (χ3v) is 9.48. The van der Waals surface area contributed by atoms with Gasteiger partial charge in [0.2, 0.25) is 0 Å². The van der Waals surface area contributed by atoms with E-state index in [-0.39, 0.29) is 30.6 Å². The number of nitrogens with two attached hydrogens (primary N) is 1. The lowest BCUT2D eigenvalue weighted by Gasteiger charge is -2.31. The van der Waals surface area contributed by atoms with Gasteiger partial charge in [-0.3, -0.25) is 10.1 Å². The number of ether oxygens (including phenoxy) is 1. The maximum Gasteiger partial charge on any atom is 0.324 e. The number of anilines is 3. The number of aromatic nitrogens is 3. The standard InChI is InChI=1S/C43H48F2N10O3/c1-28-9-11-30(12-10-28)51-38(24-36(46)42(2,3)4)54-41(57)52-33-13-14-35(32-8-6-5-7-31(32)33)58-27-29-15-18-47-37(23-29)53-39-26-49-34(25-50-39)40(56)48-19-22-55-20-16-43(44,45)17-21-55/h5-15,18,23-26H,16-17,19-22,27,46H2,1-4H3,(H,48,56)(H,47,50,53)(H2,51,52,54,57). The Hall–Kier alpha value is -6.48. The Labute approximate surface area is 336 Å². The van der Waals surface area contributed by atoms with Crippen LogP contribution in [0, 0.1) is 12.3 Å². The lowest BCUT2D eigenvalue weighted by atomic mass is 9.92. The lowest BCUT2D eigenvalue weighted by Crippen LogP contribution is -2.43. The average Bonchev–Trinajstić information content (AvgIpc) is 3.19. The smallest absolute Gasteiger partial charge is 0.324 e. The number of nitrogens with zero attached hydrogens (tertiary/aromatic N) is 5. The number of nitrogens with one attached hydrogen (secondary N) is 4. The molecule has 3 heterocycles. The highest BCUT2D eigenvalue weighted by atomic mass is 19.3. The van der Waals surface area contributed by atoms with Crippen LogP contribution in [-0.2, 0) is 6.61 Å². The molecule has 15 heteroatoms. The third kappa shape index (κ3) is 11.5. The summed E-state index contributed by atoms with van der Waals surface area (Å²) in [6.45, 7) is 9.58. The van der Waals surface area contributed by atoms with Crippen LogP contribution in [0.2, 0.25) is 0 Å². The Bertz CT molecular complexity index is 2280. The first-order chi connectivity index (χ1) is 27.7. The van der Waals surface area contributed by atoms with E-state index >= 15 is 0 Å². The van der Waals surface area contributed by atoms with Crippen molar-refractivity contribution in [2.45, 2.75) is 53.1 Å². The van der Waals surface area contributed by atoms with Gasteiger partial charge < -0.3 is 31.3 Å². The van der Waals surface area contributed by atoms with Gasteiger partial charge >= 0.3 is 6.03 Å². The normalized spacial score (nSPS) is 14.8. The second-order valence-corrected chi connectivity index (χ2v) is 15.1. The number of alkyl halides is 2. The molecule has 0 aliphatic carbocycles. The second-order valence-electron chi connectivity index (χ2n) is 15.1. The Morgan fingerprint density at radius 1 is 0.948 bits per heavy atom. The molecule has 0 atom stereocenters. The van der Waals surface area contributed by atoms with Gasteiger partial charge in [-0.2, -0.15) is 0 Å². The number of benzene rings is 3. The number of rotatable bonds is 12. The zero-order chi connectivity index (χ0) is 41.3. The molecule has 3 aromatic carbocycles. The van der Waals surface area contributed by atoms with E-state index in [1.54, 1.807) is 24.4 Å². The molecule has 3 amide bonds. The molecular formula is C43H48F2N10O3. The summed E-state index contributed by atoms with van der Waals surface area (Å²) in [6, 6.07) is 22.0. The number of pyridine rings is 1. The Morgan fingerprint density at radius 2 is 1.69 bits per heavy atom. The van der Waals surface area contributed by atoms with E-state index in [0.29, 0.717) is 66.5 Å². The highest BCUT2D eigenvalue weighted by molar-refractivity contribution is 6.11. The molecule has 6 N–H and O–H groups in total. The number of aliphatic imine (C=N–C) groups is 1. The van der Waals surface area contributed by atoms with Gasteiger partial charge in [0.25, 0.3) is 11.8 Å². The van der Waals surface area contributed by atoms with Crippen molar-refractivity contribution in [2.75, 3.05) is 36.8 Å². The summed E-state index contributed by atoms with van der Waals surface area (Å²) in [5.41, 5.74) is 9.91. The predicted octanol–water partition coefficient (Wildman–Crippen LogP) is 7.86. The molecule has 1 saturated heterocycles. The molecule has 1 aliphatic heterocycles. The maximum absolute atomic E-state index is 13.4. The largest absolute Gasteiger partial charge is 0.488 e. The zero-order valence-electron chi connectivity index (χ0n) is 33.0. The Balaban J connectivity index is 1.05. The fourth-order valence-electron chi connectivity index (χ4n) is 5.95. The van der Waals surface area contributed by atoms with Crippen molar-refractivity contribution in [1.82, 2.24) is 30.5 Å². The minimum absolute atomic E-state index is 0.134. The summed E-state index contributed by atoms with van der Waals surface area (Å²) < 4.78 is 33.1. The van der Waals surface area contributed by atoms with Crippen LogP contribution in [0.1, 0.15) is 55.2 Å². The van der Waals surface area contributed by atoms with Crippen LogP contribution in [0.25, 0.3) is 10.8 Å². The summed E-state index contributed by atoms with van der Waals surface area (Å²) >= 11 is 0. The second kappa shape index (κ2) is 18.2. The van der Waals surface area contributed by atoms with E-state index < -0.39 is 17.9 Å². The van der Waals surface area contributed by atoms with Crippen molar-refractivity contribution in [3.05, 3.63) is 120 Å². The molecule has 5 aromatic rings. The molecule has 58 heavy (non-hydrogen) atoms. The maximum atomic E-state index is 13.4. The predicted molar refractivity (Wildman–Crippen MR) is 223 cm³/mol. The van der Waals surface area contributed by atoms with Crippen LogP contribution >= 0.6 is 0 Å². The minimum Gasteiger partial charge on any atom is -0.488 e. The fraction of sp³-hybridized carbons (Fsp3) is 0.302. The summed E-state index contributed by atoms with van der Waals surface area (Å²) in [5.74, 6) is -1.20. The van der Waals surface area contributed by atoms with Crippen molar-refractivity contribution in [2.24, 2.45) is 16.1 Å². The number of hydrogen-bond donors (Lipinski definition) is 5. The minimum atomic E-state index is -2.61. The van der Waals surface area contributed by atoms with Gasteiger partial charge in [-0.1, -0.05) is 62.7 Å². The number of halogens is 2. The molecular weight excluding hydrogens is 743 g/mol. The highest BCUT2D eigenvalue weighted by Crippen LogP contribution is 2.32. The number of piperidine rings is 1. The number of likely N-dealkylation sites (tertiary alicyclic amines) is 1. The summed E-state index contributed by atoms with van der Waals surface area (Å²) in [7, 11) is 0. The quantitative estimate of drug-likeness (QED) is 0.0623. The summed E-state index contributed by atoms with van der Waals surface area (Å²) in [6.07, 6.45) is 5.78. The van der Waals surface area contributed by atoms with Gasteiger partial charge in [0.1, 0.15) is 35.5 Å². The number of aryl methyl sites for hydroxylation is 1. The topological polar surface area (TPSA) is 172 Å². The van der Waals surface area contributed by atoms with E-state index in [4.69, 9.17) is 10.5 Å². The summed E-state index contributed by atoms with van der Waals surface area (Å²) in [5, 5.41) is 13.3. The number of urea groups is 1.